The number of ketones is 1. The summed E-state index contributed by atoms with van der Waals surface area (Å²) in [6, 6.07) is 2.91. The van der Waals surface area contributed by atoms with Gasteiger partial charge in [0.1, 0.15) is 22.7 Å². The van der Waals surface area contributed by atoms with Gasteiger partial charge in [-0.25, -0.2) is 9.97 Å². The van der Waals surface area contributed by atoms with E-state index in [2.05, 4.69) is 32.3 Å². The Balaban J connectivity index is 1.68. The molecule has 11 nitrogen and oxygen atoms in total. The monoisotopic (exact) mass is 516 g/mol. The van der Waals surface area contributed by atoms with Crippen LogP contribution in [0.4, 0.5) is 17.5 Å². The zero-order valence-electron chi connectivity index (χ0n) is 18.7. The van der Waals surface area contributed by atoms with E-state index in [9.17, 15) is 9.59 Å². The number of nitrogens with zero attached hydrogens (tertiary/aromatic N) is 4. The first kappa shape index (κ1) is 24.0. The second-order valence-corrected chi connectivity index (χ2v) is 7.81. The number of rotatable bonds is 8. The lowest BCUT2D eigenvalue weighted by Crippen LogP contribution is -2.08. The normalized spacial score (nSPS) is 10.8. The third-order valence-corrected chi connectivity index (χ3v) is 5.55. The van der Waals surface area contributed by atoms with Crippen LogP contribution in [0.15, 0.2) is 41.6 Å². The molecule has 0 spiro atoms. The number of furan rings is 1. The highest BCUT2D eigenvalue weighted by Gasteiger charge is 2.26. The minimum Gasteiger partial charge on any atom is -0.495 e. The van der Waals surface area contributed by atoms with Crippen LogP contribution in [0.3, 0.4) is 0 Å². The van der Waals surface area contributed by atoms with Crippen LogP contribution >= 0.6 is 23.2 Å². The van der Waals surface area contributed by atoms with Gasteiger partial charge in [-0.1, -0.05) is 29.8 Å². The van der Waals surface area contributed by atoms with Crippen molar-refractivity contribution in [3.8, 4) is 11.5 Å². The maximum Gasteiger partial charge on any atom is 0.247 e. The van der Waals surface area contributed by atoms with Crippen LogP contribution in [-0.4, -0.2) is 45.7 Å². The zero-order chi connectivity index (χ0) is 25.3. The summed E-state index contributed by atoms with van der Waals surface area (Å²) < 4.78 is 17.6. The third-order valence-electron chi connectivity index (χ3n) is 4.80. The van der Waals surface area contributed by atoms with Gasteiger partial charge in [0.05, 0.1) is 42.2 Å². The molecule has 180 valence electrons. The van der Waals surface area contributed by atoms with E-state index in [1.54, 1.807) is 13.2 Å². The van der Waals surface area contributed by atoms with Crippen molar-refractivity contribution >= 4 is 63.4 Å². The van der Waals surface area contributed by atoms with E-state index in [0.29, 0.717) is 17.0 Å². The number of anilines is 3. The molecule has 0 aliphatic heterocycles. The summed E-state index contributed by atoms with van der Waals surface area (Å²) in [5.41, 5.74) is 0.953. The number of nitrogens with one attached hydrogen (secondary N) is 2. The standard InChI is InChI=1S/C22H18Cl2N6O5/c1-5-16(31)26-11-9-30(2)29-21(11)28-22-25-8-15-10(27-22)6-14(35-15)20(32)17-18(23)12(33-3)7-13(34-4)19(17)24/h5-9H,1H2,2-4H3,(H,26,31)(H,25,27,28,29). The number of aromatic nitrogens is 4. The van der Waals surface area contributed by atoms with Crippen molar-refractivity contribution in [1.29, 1.82) is 0 Å². The molecule has 0 saturated heterocycles. The lowest BCUT2D eigenvalue weighted by molar-refractivity contribution is -0.111. The fraction of sp³-hybridized carbons (Fsp3) is 0.136. The van der Waals surface area contributed by atoms with E-state index < -0.39 is 11.7 Å². The van der Waals surface area contributed by atoms with Gasteiger partial charge in [-0.15, -0.1) is 0 Å². The number of halogens is 2. The summed E-state index contributed by atoms with van der Waals surface area (Å²) >= 11 is 12.7. The number of aryl methyl sites for hydroxylation is 1. The van der Waals surface area contributed by atoms with Crippen LogP contribution in [-0.2, 0) is 11.8 Å². The maximum absolute atomic E-state index is 13.2. The van der Waals surface area contributed by atoms with Gasteiger partial charge in [-0.2, -0.15) is 5.10 Å². The SMILES string of the molecule is C=CC(=O)Nc1cn(C)nc1Nc1ncc2oc(C(=O)c3c(Cl)c(OC)cc(OC)c3Cl)cc2n1. The predicted octanol–water partition coefficient (Wildman–Crippen LogP) is 4.38. The Bertz CT molecular complexity index is 1450. The minimum absolute atomic E-state index is 0.0152. The Morgan fingerprint density at radius 3 is 2.49 bits per heavy atom. The molecular formula is C22H18Cl2N6O5. The molecule has 0 aliphatic rings. The van der Waals surface area contributed by atoms with Crippen molar-refractivity contribution in [2.45, 2.75) is 0 Å². The largest absolute Gasteiger partial charge is 0.495 e. The summed E-state index contributed by atoms with van der Waals surface area (Å²) in [5, 5.41) is 9.84. The molecule has 2 N–H and O–H groups in total. The summed E-state index contributed by atoms with van der Waals surface area (Å²) in [4.78, 5) is 33.5. The highest BCUT2D eigenvalue weighted by atomic mass is 35.5. The van der Waals surface area contributed by atoms with Crippen molar-refractivity contribution in [2.75, 3.05) is 24.9 Å². The topological polar surface area (TPSA) is 133 Å². The number of carbonyl (C=O) groups is 2. The predicted molar refractivity (Wildman–Crippen MR) is 130 cm³/mol. The molecule has 3 aromatic heterocycles. The molecule has 4 aromatic rings. The van der Waals surface area contributed by atoms with E-state index in [1.807, 2.05) is 0 Å². The van der Waals surface area contributed by atoms with Crippen LogP contribution in [0.5, 0.6) is 11.5 Å². The molecular weight excluding hydrogens is 499 g/mol. The van der Waals surface area contributed by atoms with Gasteiger partial charge in [0.25, 0.3) is 0 Å². The number of methoxy groups -OCH3 is 2. The van der Waals surface area contributed by atoms with Crippen molar-refractivity contribution in [2.24, 2.45) is 7.05 Å². The highest BCUT2D eigenvalue weighted by molar-refractivity contribution is 6.42. The number of ether oxygens (including phenoxy) is 2. The fourth-order valence-corrected chi connectivity index (χ4v) is 3.85. The first-order valence-electron chi connectivity index (χ1n) is 9.91. The van der Waals surface area contributed by atoms with Crippen molar-refractivity contribution in [1.82, 2.24) is 19.7 Å². The molecule has 3 heterocycles. The number of fused-ring (bicyclic) bond motifs is 1. The van der Waals surface area contributed by atoms with Crippen LogP contribution in [0.25, 0.3) is 11.1 Å². The Morgan fingerprint density at radius 1 is 1.17 bits per heavy atom. The molecule has 0 radical (unpaired) electrons. The molecule has 0 aliphatic carbocycles. The lowest BCUT2D eigenvalue weighted by Gasteiger charge is -2.12. The molecule has 0 atom stereocenters. The highest BCUT2D eigenvalue weighted by Crippen LogP contribution is 2.41. The maximum atomic E-state index is 13.2. The number of carbonyl (C=O) groups excluding carboxylic acids is 2. The third kappa shape index (κ3) is 4.63. The zero-order valence-corrected chi connectivity index (χ0v) is 20.2. The van der Waals surface area contributed by atoms with Crippen LogP contribution in [0.1, 0.15) is 16.1 Å². The van der Waals surface area contributed by atoms with Crippen LogP contribution in [0.2, 0.25) is 10.0 Å². The Labute approximate surface area is 208 Å². The van der Waals surface area contributed by atoms with Crippen molar-refractivity contribution in [3.05, 3.63) is 58.6 Å². The summed E-state index contributed by atoms with van der Waals surface area (Å²) in [6.45, 7) is 3.43. The van der Waals surface area contributed by atoms with E-state index in [1.165, 1.54) is 37.2 Å². The lowest BCUT2D eigenvalue weighted by atomic mass is 10.1. The minimum atomic E-state index is -0.594. The summed E-state index contributed by atoms with van der Waals surface area (Å²) in [6.07, 6.45) is 4.13. The van der Waals surface area contributed by atoms with E-state index in [-0.39, 0.29) is 44.4 Å². The molecule has 0 saturated carbocycles. The van der Waals surface area contributed by atoms with Gasteiger partial charge < -0.3 is 24.5 Å². The number of benzene rings is 1. The Hall–Kier alpha value is -4.09. The summed E-state index contributed by atoms with van der Waals surface area (Å²) in [5.74, 6) is -0.164. The van der Waals surface area contributed by atoms with Crippen molar-refractivity contribution < 1.29 is 23.5 Å². The summed E-state index contributed by atoms with van der Waals surface area (Å²) in [7, 11) is 4.50. The average Bonchev–Trinajstić information content (AvgIpc) is 3.41. The average molecular weight is 517 g/mol. The van der Waals surface area contributed by atoms with Gasteiger partial charge in [0, 0.05) is 19.2 Å². The molecule has 35 heavy (non-hydrogen) atoms. The van der Waals surface area contributed by atoms with Gasteiger partial charge in [0.2, 0.25) is 17.6 Å². The van der Waals surface area contributed by atoms with Crippen LogP contribution in [0, 0.1) is 0 Å². The van der Waals surface area contributed by atoms with Gasteiger partial charge >= 0.3 is 0 Å². The van der Waals surface area contributed by atoms with E-state index in [4.69, 9.17) is 37.1 Å². The number of amides is 1. The van der Waals surface area contributed by atoms with E-state index in [0.717, 1.165) is 6.08 Å². The first-order valence-corrected chi connectivity index (χ1v) is 10.7. The molecule has 0 bridgehead atoms. The Morgan fingerprint density at radius 2 is 1.86 bits per heavy atom. The van der Waals surface area contributed by atoms with E-state index >= 15 is 0 Å². The van der Waals surface area contributed by atoms with Gasteiger partial charge in [-0.3, -0.25) is 14.3 Å². The van der Waals surface area contributed by atoms with Gasteiger partial charge in [-0.05, 0) is 6.08 Å². The molecule has 1 amide bonds. The molecule has 13 heteroatoms. The second-order valence-electron chi connectivity index (χ2n) is 7.05. The number of hydrogen-bond acceptors (Lipinski definition) is 9. The van der Waals surface area contributed by atoms with Crippen molar-refractivity contribution in [3.63, 3.8) is 0 Å². The molecule has 4 rings (SSSR count). The van der Waals surface area contributed by atoms with Gasteiger partial charge in [0.15, 0.2) is 17.2 Å². The second kappa shape index (κ2) is 9.65. The molecule has 0 unspecified atom stereocenters. The first-order chi connectivity index (χ1) is 16.7. The molecule has 0 fully saturated rings. The fourth-order valence-electron chi connectivity index (χ4n) is 3.18. The Kier molecular flexibility index (Phi) is 6.63. The molecule has 1 aromatic carbocycles. The smallest absolute Gasteiger partial charge is 0.247 e. The quantitative estimate of drug-likeness (QED) is 0.258. The number of hydrogen-bond donors (Lipinski definition) is 2. The van der Waals surface area contributed by atoms with Crippen LogP contribution < -0.4 is 20.1 Å².